The second-order valence-electron chi connectivity index (χ2n) is 6.22. The second kappa shape index (κ2) is 7.16. The molecule has 1 aromatic rings. The molecule has 1 aromatic heterocycles. The smallest absolute Gasteiger partial charge is 0.131 e. The van der Waals surface area contributed by atoms with Crippen molar-refractivity contribution in [1.29, 1.82) is 0 Å². The molecular weight excluding hydrogens is 246 g/mol. The Balaban J connectivity index is 2.16. The van der Waals surface area contributed by atoms with Crippen LogP contribution in [0.3, 0.4) is 0 Å². The number of hydrogen-bond donors (Lipinski definition) is 1. The molecule has 0 saturated heterocycles. The molecule has 0 radical (unpaired) electrons. The van der Waals surface area contributed by atoms with E-state index in [-0.39, 0.29) is 0 Å². The van der Waals surface area contributed by atoms with Gasteiger partial charge in [-0.2, -0.15) is 0 Å². The van der Waals surface area contributed by atoms with Crippen LogP contribution < -0.4 is 5.32 Å². The first kappa shape index (κ1) is 15.4. The highest BCUT2D eigenvalue weighted by Gasteiger charge is 2.25. The molecular formula is C17H29N3. The molecule has 1 fully saturated rings. The van der Waals surface area contributed by atoms with Gasteiger partial charge in [-0.1, -0.05) is 26.2 Å². The minimum atomic E-state index is 0.587. The zero-order valence-corrected chi connectivity index (χ0v) is 13.5. The molecule has 1 N–H and O–H groups in total. The Labute approximate surface area is 123 Å². The Morgan fingerprint density at radius 2 is 1.85 bits per heavy atom. The fraction of sp³-hybridized carbons (Fsp3) is 0.765. The molecule has 0 spiro atoms. The van der Waals surface area contributed by atoms with Gasteiger partial charge in [-0.05, 0) is 58.2 Å². The summed E-state index contributed by atoms with van der Waals surface area (Å²) in [5, 5.41) is 3.21. The average molecular weight is 275 g/mol. The van der Waals surface area contributed by atoms with Gasteiger partial charge in [-0.25, -0.2) is 9.97 Å². The standard InChI is InChI=1S/C17H29N3/c1-5-14-7-6-8-15(11-14)17-19-12(2)16(9-10-18-4)13(3)20-17/h14-15,18H,5-11H2,1-4H3. The van der Waals surface area contributed by atoms with Gasteiger partial charge in [0.25, 0.3) is 0 Å². The van der Waals surface area contributed by atoms with Gasteiger partial charge in [0, 0.05) is 17.3 Å². The first-order valence-electron chi connectivity index (χ1n) is 8.14. The van der Waals surface area contributed by atoms with E-state index in [1.807, 2.05) is 7.05 Å². The quantitative estimate of drug-likeness (QED) is 0.893. The van der Waals surface area contributed by atoms with Crippen LogP contribution >= 0.6 is 0 Å². The molecule has 2 unspecified atom stereocenters. The summed E-state index contributed by atoms with van der Waals surface area (Å²) >= 11 is 0. The predicted octanol–water partition coefficient (Wildman–Crippen LogP) is 3.54. The highest BCUT2D eigenvalue weighted by molar-refractivity contribution is 5.25. The number of aryl methyl sites for hydroxylation is 2. The minimum absolute atomic E-state index is 0.587. The van der Waals surface area contributed by atoms with Gasteiger partial charge in [-0.3, -0.25) is 0 Å². The third-order valence-corrected chi connectivity index (χ3v) is 4.79. The molecule has 0 aromatic carbocycles. The van der Waals surface area contributed by atoms with Crippen molar-refractivity contribution in [2.45, 2.75) is 65.2 Å². The van der Waals surface area contributed by atoms with Gasteiger partial charge in [0.2, 0.25) is 0 Å². The molecule has 0 amide bonds. The van der Waals surface area contributed by atoms with Gasteiger partial charge in [-0.15, -0.1) is 0 Å². The molecule has 1 aliphatic carbocycles. The maximum atomic E-state index is 4.84. The van der Waals surface area contributed by atoms with Crippen LogP contribution in [0.2, 0.25) is 0 Å². The minimum Gasteiger partial charge on any atom is -0.319 e. The van der Waals surface area contributed by atoms with Crippen molar-refractivity contribution in [1.82, 2.24) is 15.3 Å². The molecule has 3 heteroatoms. The molecule has 1 heterocycles. The number of likely N-dealkylation sites (N-methyl/N-ethyl adjacent to an activating group) is 1. The number of aromatic nitrogens is 2. The predicted molar refractivity (Wildman–Crippen MR) is 84.1 cm³/mol. The van der Waals surface area contributed by atoms with Crippen molar-refractivity contribution in [2.24, 2.45) is 5.92 Å². The summed E-state index contributed by atoms with van der Waals surface area (Å²) in [6.45, 7) is 7.59. The lowest BCUT2D eigenvalue weighted by Gasteiger charge is -2.28. The molecule has 2 atom stereocenters. The third kappa shape index (κ3) is 3.57. The van der Waals surface area contributed by atoms with Crippen LogP contribution in [0.4, 0.5) is 0 Å². The largest absolute Gasteiger partial charge is 0.319 e. The Morgan fingerprint density at radius 1 is 1.15 bits per heavy atom. The summed E-state index contributed by atoms with van der Waals surface area (Å²) in [7, 11) is 1.99. The number of nitrogens with one attached hydrogen (secondary N) is 1. The van der Waals surface area contributed by atoms with Crippen molar-refractivity contribution in [2.75, 3.05) is 13.6 Å². The van der Waals surface area contributed by atoms with Crippen molar-refractivity contribution in [3.05, 3.63) is 22.8 Å². The molecule has 20 heavy (non-hydrogen) atoms. The number of rotatable bonds is 5. The fourth-order valence-electron chi connectivity index (χ4n) is 3.46. The Kier molecular flexibility index (Phi) is 5.53. The van der Waals surface area contributed by atoms with Crippen molar-refractivity contribution >= 4 is 0 Å². The Bertz CT molecular complexity index is 419. The summed E-state index contributed by atoms with van der Waals surface area (Å²) < 4.78 is 0. The van der Waals surface area contributed by atoms with Crippen LogP contribution in [-0.2, 0) is 6.42 Å². The average Bonchev–Trinajstić information content (AvgIpc) is 2.46. The topological polar surface area (TPSA) is 37.8 Å². The Hall–Kier alpha value is -0.960. The maximum absolute atomic E-state index is 4.84. The first-order chi connectivity index (χ1) is 9.65. The molecule has 1 aliphatic rings. The lowest BCUT2D eigenvalue weighted by Crippen LogP contribution is -2.18. The van der Waals surface area contributed by atoms with Crippen molar-refractivity contribution in [3.8, 4) is 0 Å². The van der Waals surface area contributed by atoms with Crippen molar-refractivity contribution < 1.29 is 0 Å². The monoisotopic (exact) mass is 275 g/mol. The van der Waals surface area contributed by atoms with Crippen molar-refractivity contribution in [3.63, 3.8) is 0 Å². The summed E-state index contributed by atoms with van der Waals surface area (Å²) in [5.74, 6) is 2.57. The third-order valence-electron chi connectivity index (χ3n) is 4.79. The molecule has 0 aliphatic heterocycles. The zero-order chi connectivity index (χ0) is 14.5. The van der Waals surface area contributed by atoms with E-state index >= 15 is 0 Å². The Morgan fingerprint density at radius 3 is 2.45 bits per heavy atom. The van der Waals surface area contributed by atoms with Crippen LogP contribution in [0.1, 0.15) is 67.7 Å². The van der Waals surface area contributed by atoms with Crippen LogP contribution in [0.5, 0.6) is 0 Å². The second-order valence-corrected chi connectivity index (χ2v) is 6.22. The lowest BCUT2D eigenvalue weighted by molar-refractivity contribution is 0.306. The number of hydrogen-bond acceptors (Lipinski definition) is 3. The zero-order valence-electron chi connectivity index (χ0n) is 13.5. The van der Waals surface area contributed by atoms with E-state index in [1.165, 1.54) is 49.1 Å². The van der Waals surface area contributed by atoms with Crippen LogP contribution in [-0.4, -0.2) is 23.6 Å². The van der Waals surface area contributed by atoms with E-state index in [4.69, 9.17) is 9.97 Å². The molecule has 112 valence electrons. The van der Waals surface area contributed by atoms with Gasteiger partial charge in [0.15, 0.2) is 0 Å². The summed E-state index contributed by atoms with van der Waals surface area (Å²) in [5.41, 5.74) is 3.69. The highest BCUT2D eigenvalue weighted by Crippen LogP contribution is 2.36. The summed E-state index contributed by atoms with van der Waals surface area (Å²) in [4.78, 5) is 9.68. The summed E-state index contributed by atoms with van der Waals surface area (Å²) in [6, 6.07) is 0. The van der Waals surface area contributed by atoms with Crippen LogP contribution in [0.15, 0.2) is 0 Å². The van der Waals surface area contributed by atoms with E-state index in [0.29, 0.717) is 5.92 Å². The first-order valence-corrected chi connectivity index (χ1v) is 8.14. The van der Waals surface area contributed by atoms with E-state index in [2.05, 4.69) is 26.1 Å². The molecule has 0 bridgehead atoms. The van der Waals surface area contributed by atoms with E-state index < -0.39 is 0 Å². The van der Waals surface area contributed by atoms with Crippen LogP contribution in [0, 0.1) is 19.8 Å². The summed E-state index contributed by atoms with van der Waals surface area (Å²) in [6.07, 6.45) is 7.61. The highest BCUT2D eigenvalue weighted by atomic mass is 14.9. The van der Waals surface area contributed by atoms with E-state index in [1.54, 1.807) is 0 Å². The SMILES string of the molecule is CCC1CCCC(c2nc(C)c(CCNC)c(C)n2)C1. The molecule has 2 rings (SSSR count). The number of nitrogens with zero attached hydrogens (tertiary/aromatic N) is 2. The molecule has 1 saturated carbocycles. The van der Waals surface area contributed by atoms with E-state index in [0.717, 1.165) is 24.7 Å². The van der Waals surface area contributed by atoms with Gasteiger partial charge in [0.05, 0.1) is 0 Å². The van der Waals surface area contributed by atoms with E-state index in [9.17, 15) is 0 Å². The van der Waals surface area contributed by atoms with Crippen LogP contribution in [0.25, 0.3) is 0 Å². The van der Waals surface area contributed by atoms with Gasteiger partial charge >= 0.3 is 0 Å². The van der Waals surface area contributed by atoms with Gasteiger partial charge < -0.3 is 5.32 Å². The fourth-order valence-corrected chi connectivity index (χ4v) is 3.46. The molecule has 3 nitrogen and oxygen atoms in total. The van der Waals surface area contributed by atoms with Gasteiger partial charge in [0.1, 0.15) is 5.82 Å². The maximum Gasteiger partial charge on any atom is 0.131 e. The lowest BCUT2D eigenvalue weighted by atomic mass is 9.79. The normalized spacial score (nSPS) is 23.0.